The maximum absolute atomic E-state index is 12.1. The van der Waals surface area contributed by atoms with E-state index in [1.54, 1.807) is 12.1 Å². The van der Waals surface area contributed by atoms with E-state index in [2.05, 4.69) is 4.98 Å². The Morgan fingerprint density at radius 3 is 2.22 bits per heavy atom. The van der Waals surface area contributed by atoms with E-state index in [-0.39, 0.29) is 5.56 Å². The Morgan fingerprint density at radius 2 is 1.67 bits per heavy atom. The summed E-state index contributed by atoms with van der Waals surface area (Å²) in [5, 5.41) is 0. The Morgan fingerprint density at radius 1 is 1.06 bits per heavy atom. The van der Waals surface area contributed by atoms with Gasteiger partial charge in [-0.25, -0.2) is 4.79 Å². The molecule has 5 heteroatoms. The molecule has 0 bridgehead atoms. The smallest absolute Gasteiger partial charge is 0.313 e. The lowest BCUT2D eigenvalue weighted by Gasteiger charge is -2.03. The molecule has 0 saturated carbocycles. The Balaban J connectivity index is 2.54. The lowest BCUT2D eigenvalue weighted by atomic mass is 10.0. The Labute approximate surface area is 103 Å². The number of rotatable bonds is 2. The molecule has 92 valence electrons. The first-order valence-electron chi connectivity index (χ1n) is 5.42. The molecule has 0 saturated heterocycles. The monoisotopic (exact) mass is 244 g/mol. The molecule has 2 N–H and O–H groups in total. The van der Waals surface area contributed by atoms with Crippen LogP contribution in [0.25, 0.3) is 0 Å². The summed E-state index contributed by atoms with van der Waals surface area (Å²) in [6.45, 7) is 3.75. The molecule has 0 atom stereocenters. The number of H-pyrrole nitrogens is 2. The van der Waals surface area contributed by atoms with E-state index in [1.807, 2.05) is 24.9 Å². The molecule has 2 rings (SSSR count). The summed E-state index contributed by atoms with van der Waals surface area (Å²) in [6.07, 6.45) is 1.14. The van der Waals surface area contributed by atoms with Crippen molar-refractivity contribution in [1.82, 2.24) is 9.97 Å². The third-order valence-electron chi connectivity index (χ3n) is 2.55. The van der Waals surface area contributed by atoms with Gasteiger partial charge in [0.25, 0.3) is 5.56 Å². The largest absolute Gasteiger partial charge is 0.325 e. The van der Waals surface area contributed by atoms with Gasteiger partial charge in [-0.3, -0.25) is 14.6 Å². The van der Waals surface area contributed by atoms with E-state index in [0.29, 0.717) is 5.56 Å². The average molecular weight is 244 g/mol. The number of nitrogens with one attached hydrogen (secondary N) is 2. The molecule has 0 fully saturated rings. The number of aryl methyl sites for hydroxylation is 2. The van der Waals surface area contributed by atoms with Crippen molar-refractivity contribution in [3.05, 3.63) is 67.5 Å². The highest BCUT2D eigenvalue weighted by Gasteiger charge is 2.14. The Bertz CT molecular complexity index is 705. The van der Waals surface area contributed by atoms with Gasteiger partial charge < -0.3 is 4.98 Å². The maximum atomic E-state index is 12.1. The summed E-state index contributed by atoms with van der Waals surface area (Å²) in [4.78, 5) is 38.9. The van der Waals surface area contributed by atoms with Crippen molar-refractivity contribution in [2.45, 2.75) is 13.8 Å². The third-order valence-corrected chi connectivity index (χ3v) is 2.55. The number of aromatic nitrogens is 2. The molecule has 0 aliphatic rings. The number of benzene rings is 1. The van der Waals surface area contributed by atoms with Gasteiger partial charge >= 0.3 is 5.69 Å². The van der Waals surface area contributed by atoms with E-state index in [0.717, 1.165) is 17.3 Å². The topological polar surface area (TPSA) is 82.8 Å². The van der Waals surface area contributed by atoms with E-state index >= 15 is 0 Å². The van der Waals surface area contributed by atoms with Crippen LogP contribution >= 0.6 is 0 Å². The molecule has 0 unspecified atom stereocenters. The van der Waals surface area contributed by atoms with Gasteiger partial charge in [-0.15, -0.1) is 0 Å². The molecule has 1 heterocycles. The van der Waals surface area contributed by atoms with Crippen LogP contribution in [0, 0.1) is 13.8 Å². The zero-order valence-electron chi connectivity index (χ0n) is 10.0. The van der Waals surface area contributed by atoms with Crippen molar-refractivity contribution < 1.29 is 4.79 Å². The predicted molar refractivity (Wildman–Crippen MR) is 67.0 cm³/mol. The van der Waals surface area contributed by atoms with Gasteiger partial charge in [0, 0.05) is 11.8 Å². The van der Waals surface area contributed by atoms with Crippen molar-refractivity contribution >= 4 is 5.78 Å². The molecule has 18 heavy (non-hydrogen) atoms. The second kappa shape index (κ2) is 4.44. The molecule has 1 aromatic carbocycles. The van der Waals surface area contributed by atoms with Gasteiger partial charge in [0.15, 0.2) is 5.78 Å². The Kier molecular flexibility index (Phi) is 2.97. The highest BCUT2D eigenvalue weighted by Crippen LogP contribution is 2.11. The summed E-state index contributed by atoms with van der Waals surface area (Å²) < 4.78 is 0. The fourth-order valence-corrected chi connectivity index (χ4v) is 1.84. The number of carbonyl (C=O) groups is 1. The van der Waals surface area contributed by atoms with Crippen molar-refractivity contribution in [2.24, 2.45) is 0 Å². The molecule has 0 amide bonds. The molecule has 0 spiro atoms. The molecule has 0 aliphatic carbocycles. The van der Waals surface area contributed by atoms with Crippen molar-refractivity contribution in [2.75, 3.05) is 0 Å². The summed E-state index contributed by atoms with van der Waals surface area (Å²) >= 11 is 0. The molecular weight excluding hydrogens is 232 g/mol. The van der Waals surface area contributed by atoms with Crippen LogP contribution in [0.3, 0.4) is 0 Å². The summed E-state index contributed by atoms with van der Waals surface area (Å²) in [5.41, 5.74) is 0.947. The van der Waals surface area contributed by atoms with Crippen LogP contribution in [0.15, 0.2) is 34.0 Å². The average Bonchev–Trinajstić information content (AvgIpc) is 2.26. The zero-order chi connectivity index (χ0) is 13.3. The molecule has 0 radical (unpaired) electrons. The van der Waals surface area contributed by atoms with Gasteiger partial charge in [-0.1, -0.05) is 17.2 Å². The molecule has 1 aromatic heterocycles. The lowest BCUT2D eigenvalue weighted by molar-refractivity contribution is 0.103. The maximum Gasteiger partial charge on any atom is 0.325 e. The Hall–Kier alpha value is -2.43. The van der Waals surface area contributed by atoms with Crippen LogP contribution in [0.1, 0.15) is 27.0 Å². The molecule has 2 aromatic rings. The van der Waals surface area contributed by atoms with Gasteiger partial charge in [-0.2, -0.15) is 0 Å². The van der Waals surface area contributed by atoms with E-state index in [9.17, 15) is 14.4 Å². The summed E-state index contributed by atoms with van der Waals surface area (Å²) in [6, 6.07) is 5.35. The van der Waals surface area contributed by atoms with Crippen molar-refractivity contribution in [1.29, 1.82) is 0 Å². The van der Waals surface area contributed by atoms with E-state index < -0.39 is 17.0 Å². The van der Waals surface area contributed by atoms with Crippen LogP contribution in [0.4, 0.5) is 0 Å². The fourth-order valence-electron chi connectivity index (χ4n) is 1.84. The number of carbonyl (C=O) groups excluding carboxylic acids is 1. The van der Waals surface area contributed by atoms with Gasteiger partial charge in [0.05, 0.1) is 0 Å². The summed E-state index contributed by atoms with van der Waals surface area (Å²) in [7, 11) is 0. The van der Waals surface area contributed by atoms with Crippen molar-refractivity contribution in [3.63, 3.8) is 0 Å². The number of hydrogen-bond acceptors (Lipinski definition) is 3. The van der Waals surface area contributed by atoms with Gasteiger partial charge in [0.2, 0.25) is 0 Å². The summed E-state index contributed by atoms with van der Waals surface area (Å²) in [5.74, 6) is -0.403. The zero-order valence-corrected chi connectivity index (χ0v) is 10.0. The first-order valence-corrected chi connectivity index (χ1v) is 5.42. The van der Waals surface area contributed by atoms with Crippen LogP contribution in [-0.2, 0) is 0 Å². The van der Waals surface area contributed by atoms with Crippen LogP contribution in [0.5, 0.6) is 0 Å². The molecule has 5 nitrogen and oxygen atoms in total. The first kappa shape index (κ1) is 12.0. The minimum atomic E-state index is -0.678. The quantitative estimate of drug-likeness (QED) is 0.770. The standard InChI is InChI=1S/C13H12N2O3/c1-7-3-8(2)5-9(4-7)11(16)10-6-14-13(18)15-12(10)17/h3-6H,1-2H3,(H2,14,15,17,18). The van der Waals surface area contributed by atoms with Crippen LogP contribution in [-0.4, -0.2) is 15.8 Å². The number of aromatic amines is 2. The van der Waals surface area contributed by atoms with Gasteiger partial charge in [-0.05, 0) is 26.0 Å². The SMILES string of the molecule is Cc1cc(C)cc(C(=O)c2c[nH]c(=O)[nH]c2=O)c1. The highest BCUT2D eigenvalue weighted by atomic mass is 16.2. The number of ketones is 1. The van der Waals surface area contributed by atoms with Gasteiger partial charge in [0.1, 0.15) is 5.56 Å². The normalized spacial score (nSPS) is 10.3. The van der Waals surface area contributed by atoms with E-state index in [4.69, 9.17) is 0 Å². The van der Waals surface area contributed by atoms with E-state index in [1.165, 1.54) is 0 Å². The minimum Gasteiger partial charge on any atom is -0.313 e. The second-order valence-corrected chi connectivity index (χ2v) is 4.19. The first-order chi connectivity index (χ1) is 8.47. The third kappa shape index (κ3) is 2.29. The molecule has 0 aliphatic heterocycles. The van der Waals surface area contributed by atoms with Crippen LogP contribution < -0.4 is 11.2 Å². The highest BCUT2D eigenvalue weighted by molar-refractivity contribution is 6.08. The van der Waals surface area contributed by atoms with Crippen molar-refractivity contribution in [3.8, 4) is 0 Å². The fraction of sp³-hybridized carbons (Fsp3) is 0.154. The lowest BCUT2D eigenvalue weighted by Crippen LogP contribution is -2.27. The molecular formula is C13H12N2O3. The minimum absolute atomic E-state index is 0.0698. The predicted octanol–water partition coefficient (Wildman–Crippen LogP) is 0.911. The number of hydrogen-bond donors (Lipinski definition) is 2. The van der Waals surface area contributed by atoms with Crippen LogP contribution in [0.2, 0.25) is 0 Å². The second-order valence-electron chi connectivity index (χ2n) is 4.19.